The summed E-state index contributed by atoms with van der Waals surface area (Å²) in [6.45, 7) is 9.33. The van der Waals surface area contributed by atoms with Crippen LogP contribution in [0.25, 0.3) is 0 Å². The summed E-state index contributed by atoms with van der Waals surface area (Å²) >= 11 is 1.41. The number of para-hydroxylation sites is 1. The number of carbonyl (C=O) groups is 1. The second-order valence-corrected chi connectivity index (χ2v) is 9.76. The third kappa shape index (κ3) is 4.90. The molecule has 0 aliphatic heterocycles. The highest BCUT2D eigenvalue weighted by atomic mass is 32.2. The van der Waals surface area contributed by atoms with E-state index in [0.717, 1.165) is 16.9 Å². The SMILES string of the molecule is CCc1cc(C(=O)Nc2ccccc2S(=O)(=O)NC(C)(C)C)sc1C. The lowest BCUT2D eigenvalue weighted by Crippen LogP contribution is -2.40. The van der Waals surface area contributed by atoms with E-state index in [4.69, 9.17) is 0 Å². The molecule has 1 aromatic carbocycles. The van der Waals surface area contributed by atoms with E-state index in [-0.39, 0.29) is 16.5 Å². The fourth-order valence-corrected chi connectivity index (χ4v) is 5.02. The van der Waals surface area contributed by atoms with Crippen molar-refractivity contribution < 1.29 is 13.2 Å². The number of anilines is 1. The van der Waals surface area contributed by atoms with Gasteiger partial charge in [-0.3, -0.25) is 4.79 Å². The molecule has 0 atom stereocenters. The number of hydrogen-bond acceptors (Lipinski definition) is 4. The maximum atomic E-state index is 12.6. The van der Waals surface area contributed by atoms with Crippen LogP contribution in [-0.2, 0) is 16.4 Å². The lowest BCUT2D eigenvalue weighted by Gasteiger charge is -2.21. The van der Waals surface area contributed by atoms with Crippen molar-refractivity contribution >= 4 is 33.0 Å². The van der Waals surface area contributed by atoms with Gasteiger partial charge in [-0.15, -0.1) is 11.3 Å². The van der Waals surface area contributed by atoms with Gasteiger partial charge < -0.3 is 5.32 Å². The van der Waals surface area contributed by atoms with Crippen molar-refractivity contribution in [3.8, 4) is 0 Å². The number of amides is 1. The average molecular weight is 381 g/mol. The highest BCUT2D eigenvalue weighted by Gasteiger charge is 2.25. The zero-order chi connectivity index (χ0) is 18.8. The molecule has 2 N–H and O–H groups in total. The maximum Gasteiger partial charge on any atom is 0.265 e. The van der Waals surface area contributed by atoms with Crippen LogP contribution >= 0.6 is 11.3 Å². The molecule has 0 aliphatic carbocycles. The normalized spacial score (nSPS) is 12.2. The van der Waals surface area contributed by atoms with E-state index in [9.17, 15) is 13.2 Å². The third-order valence-electron chi connectivity index (χ3n) is 3.49. The van der Waals surface area contributed by atoms with E-state index in [0.29, 0.717) is 4.88 Å². The summed E-state index contributed by atoms with van der Waals surface area (Å²) in [5.74, 6) is -0.300. The molecule has 0 saturated carbocycles. The van der Waals surface area contributed by atoms with Crippen molar-refractivity contribution in [1.29, 1.82) is 0 Å². The van der Waals surface area contributed by atoms with Gasteiger partial charge in [0.25, 0.3) is 5.91 Å². The van der Waals surface area contributed by atoms with Crippen LogP contribution in [0, 0.1) is 6.92 Å². The smallest absolute Gasteiger partial charge is 0.265 e. The van der Waals surface area contributed by atoms with Crippen molar-refractivity contribution in [3.63, 3.8) is 0 Å². The van der Waals surface area contributed by atoms with Gasteiger partial charge in [0.1, 0.15) is 4.90 Å². The molecule has 1 amide bonds. The molecule has 2 rings (SSSR count). The number of sulfonamides is 1. The summed E-state index contributed by atoms with van der Waals surface area (Å²) in [5, 5.41) is 2.74. The fraction of sp³-hybridized carbons (Fsp3) is 0.389. The second kappa shape index (κ2) is 7.27. The molecule has 0 unspecified atom stereocenters. The zero-order valence-corrected chi connectivity index (χ0v) is 16.8. The van der Waals surface area contributed by atoms with E-state index in [1.165, 1.54) is 17.4 Å². The predicted molar refractivity (Wildman–Crippen MR) is 103 cm³/mol. The van der Waals surface area contributed by atoms with Crippen LogP contribution in [0.15, 0.2) is 35.2 Å². The van der Waals surface area contributed by atoms with Crippen LogP contribution in [0.4, 0.5) is 5.69 Å². The minimum absolute atomic E-state index is 0.0577. The Morgan fingerprint density at radius 2 is 1.84 bits per heavy atom. The molecule has 1 aromatic heterocycles. The molecular weight excluding hydrogens is 356 g/mol. The monoisotopic (exact) mass is 380 g/mol. The molecule has 0 fully saturated rings. The number of carbonyl (C=O) groups excluding carboxylic acids is 1. The van der Waals surface area contributed by atoms with Gasteiger partial charge in [-0.2, -0.15) is 0 Å². The number of benzene rings is 1. The van der Waals surface area contributed by atoms with Gasteiger partial charge in [-0.25, -0.2) is 13.1 Å². The Morgan fingerprint density at radius 1 is 1.20 bits per heavy atom. The highest BCUT2D eigenvalue weighted by molar-refractivity contribution is 7.89. The lowest BCUT2D eigenvalue weighted by atomic mass is 10.1. The molecule has 0 bridgehead atoms. The van der Waals surface area contributed by atoms with Gasteiger partial charge >= 0.3 is 0 Å². The number of nitrogens with one attached hydrogen (secondary N) is 2. The summed E-state index contributed by atoms with van der Waals surface area (Å²) in [6, 6.07) is 8.28. The molecule has 136 valence electrons. The summed E-state index contributed by atoms with van der Waals surface area (Å²) in [4.78, 5) is 14.3. The van der Waals surface area contributed by atoms with Crippen molar-refractivity contribution in [1.82, 2.24) is 4.72 Å². The van der Waals surface area contributed by atoms with E-state index in [1.807, 2.05) is 19.9 Å². The average Bonchev–Trinajstić information content (AvgIpc) is 2.86. The third-order valence-corrected chi connectivity index (χ3v) is 6.40. The molecule has 0 radical (unpaired) electrons. The molecular formula is C18H24N2O3S2. The first-order valence-electron chi connectivity index (χ1n) is 8.07. The molecule has 7 heteroatoms. The predicted octanol–water partition coefficient (Wildman–Crippen LogP) is 3.95. The van der Waals surface area contributed by atoms with E-state index < -0.39 is 15.6 Å². The van der Waals surface area contributed by atoms with Crippen LogP contribution in [-0.4, -0.2) is 19.9 Å². The van der Waals surface area contributed by atoms with Crippen molar-refractivity contribution in [2.75, 3.05) is 5.32 Å². The molecule has 25 heavy (non-hydrogen) atoms. The standard InChI is InChI=1S/C18H24N2O3S2/c1-6-13-11-15(24-12(13)2)17(21)19-14-9-7-8-10-16(14)25(22,23)20-18(3,4)5/h7-11,20H,6H2,1-5H3,(H,19,21). The quantitative estimate of drug-likeness (QED) is 0.825. The Bertz CT molecular complexity index is 878. The number of rotatable bonds is 5. The zero-order valence-electron chi connectivity index (χ0n) is 15.1. The number of aryl methyl sites for hydroxylation is 2. The number of thiophene rings is 1. The largest absolute Gasteiger partial charge is 0.320 e. The Labute approximate surface area is 153 Å². The van der Waals surface area contributed by atoms with Crippen molar-refractivity contribution in [3.05, 3.63) is 45.6 Å². The first-order chi connectivity index (χ1) is 11.5. The van der Waals surface area contributed by atoms with Gasteiger partial charge in [-0.05, 0) is 57.9 Å². The first kappa shape index (κ1) is 19.6. The van der Waals surface area contributed by atoms with Crippen LogP contribution in [0.3, 0.4) is 0 Å². The van der Waals surface area contributed by atoms with Crippen molar-refractivity contribution in [2.45, 2.75) is 51.5 Å². The van der Waals surface area contributed by atoms with Gasteiger partial charge in [-0.1, -0.05) is 19.1 Å². The van der Waals surface area contributed by atoms with E-state index in [2.05, 4.69) is 10.0 Å². The Balaban J connectivity index is 2.33. The Morgan fingerprint density at radius 3 is 2.40 bits per heavy atom. The lowest BCUT2D eigenvalue weighted by molar-refractivity contribution is 0.103. The first-order valence-corrected chi connectivity index (χ1v) is 10.4. The summed E-state index contributed by atoms with van der Waals surface area (Å²) in [5.41, 5.74) is 0.787. The van der Waals surface area contributed by atoms with E-state index >= 15 is 0 Å². The van der Waals surface area contributed by atoms with Crippen LogP contribution in [0.1, 0.15) is 47.8 Å². The van der Waals surface area contributed by atoms with Gasteiger partial charge in [0.15, 0.2) is 0 Å². The van der Waals surface area contributed by atoms with Gasteiger partial charge in [0, 0.05) is 10.4 Å². The number of hydrogen-bond donors (Lipinski definition) is 2. The van der Waals surface area contributed by atoms with Gasteiger partial charge in [0.05, 0.1) is 10.6 Å². The summed E-state index contributed by atoms with van der Waals surface area (Å²) in [6.07, 6.45) is 0.857. The second-order valence-electron chi connectivity index (χ2n) is 6.85. The van der Waals surface area contributed by atoms with Crippen LogP contribution in [0.5, 0.6) is 0 Å². The maximum absolute atomic E-state index is 12.6. The molecule has 0 aliphatic rings. The Kier molecular flexibility index (Phi) is 5.71. The summed E-state index contributed by atoms with van der Waals surface area (Å²) in [7, 11) is -3.75. The Hall–Kier alpha value is -1.70. The minimum Gasteiger partial charge on any atom is -0.320 e. The molecule has 5 nitrogen and oxygen atoms in total. The van der Waals surface area contributed by atoms with Gasteiger partial charge in [0.2, 0.25) is 10.0 Å². The summed E-state index contributed by atoms with van der Waals surface area (Å²) < 4.78 is 27.9. The van der Waals surface area contributed by atoms with Crippen LogP contribution in [0.2, 0.25) is 0 Å². The minimum atomic E-state index is -3.75. The molecule has 1 heterocycles. The van der Waals surface area contributed by atoms with Crippen LogP contribution < -0.4 is 10.0 Å². The molecule has 0 saturated heterocycles. The van der Waals surface area contributed by atoms with E-state index in [1.54, 1.807) is 39.0 Å². The van der Waals surface area contributed by atoms with Crippen molar-refractivity contribution in [2.24, 2.45) is 0 Å². The fourth-order valence-electron chi connectivity index (χ4n) is 2.43. The molecule has 0 spiro atoms. The highest BCUT2D eigenvalue weighted by Crippen LogP contribution is 2.26. The molecule has 2 aromatic rings. The topological polar surface area (TPSA) is 75.3 Å².